The van der Waals surface area contributed by atoms with Gasteiger partial charge < -0.3 is 15.0 Å². The summed E-state index contributed by atoms with van der Waals surface area (Å²) in [5, 5.41) is 3.04. The van der Waals surface area contributed by atoms with E-state index in [1.54, 1.807) is 0 Å². The molecule has 0 aliphatic carbocycles. The first-order valence-corrected chi connectivity index (χ1v) is 10.8. The van der Waals surface area contributed by atoms with Gasteiger partial charge in [-0.25, -0.2) is 0 Å². The van der Waals surface area contributed by atoms with E-state index < -0.39 is 6.10 Å². The van der Waals surface area contributed by atoms with Crippen molar-refractivity contribution < 1.29 is 9.53 Å². The molecule has 0 radical (unpaired) electrons. The topological polar surface area (TPSA) is 41.6 Å². The van der Waals surface area contributed by atoms with Crippen LogP contribution in [0.15, 0.2) is 42.5 Å². The van der Waals surface area contributed by atoms with Crippen LogP contribution in [-0.4, -0.2) is 31.1 Å². The standard InChI is InChI=1S/C25H34N2O2/c1-17(2)22-12-11-18(3)15-24(22)29-20(5)25(28)26-13-8-14-27-19(4)16-21-9-6-7-10-23(21)27/h6-7,9-12,15,17,19-20H,8,13-14,16H2,1-5H3,(H,26,28)/t19-,20+/m0/s1. The molecule has 1 N–H and O–H groups in total. The highest BCUT2D eigenvalue weighted by Gasteiger charge is 2.25. The molecule has 0 fully saturated rings. The van der Waals surface area contributed by atoms with Crippen LogP contribution in [0.3, 0.4) is 0 Å². The maximum absolute atomic E-state index is 12.5. The molecule has 0 saturated carbocycles. The van der Waals surface area contributed by atoms with Gasteiger partial charge in [0.2, 0.25) is 0 Å². The molecule has 0 aromatic heterocycles. The summed E-state index contributed by atoms with van der Waals surface area (Å²) in [5.41, 5.74) is 5.03. The number of para-hydroxylation sites is 1. The number of amides is 1. The number of nitrogens with one attached hydrogen (secondary N) is 1. The number of carbonyl (C=O) groups is 1. The normalized spacial score (nSPS) is 16.6. The molecule has 1 amide bonds. The third-order valence-corrected chi connectivity index (χ3v) is 5.69. The van der Waals surface area contributed by atoms with E-state index in [0.29, 0.717) is 18.5 Å². The molecular weight excluding hydrogens is 360 g/mol. The van der Waals surface area contributed by atoms with Crippen LogP contribution in [0, 0.1) is 6.92 Å². The second-order valence-corrected chi connectivity index (χ2v) is 8.48. The Labute approximate surface area is 175 Å². The van der Waals surface area contributed by atoms with Crippen LogP contribution in [0.5, 0.6) is 5.75 Å². The van der Waals surface area contributed by atoms with Gasteiger partial charge in [-0.1, -0.05) is 44.2 Å². The van der Waals surface area contributed by atoms with Gasteiger partial charge >= 0.3 is 0 Å². The zero-order chi connectivity index (χ0) is 21.0. The summed E-state index contributed by atoms with van der Waals surface area (Å²) in [4.78, 5) is 15.0. The Balaban J connectivity index is 1.48. The van der Waals surface area contributed by atoms with Gasteiger partial charge in [0, 0.05) is 24.8 Å². The third-order valence-electron chi connectivity index (χ3n) is 5.69. The quantitative estimate of drug-likeness (QED) is 0.651. The predicted molar refractivity (Wildman–Crippen MR) is 120 cm³/mol. The Morgan fingerprint density at radius 3 is 2.72 bits per heavy atom. The number of ether oxygens (including phenoxy) is 1. The van der Waals surface area contributed by atoms with Crippen molar-refractivity contribution in [1.29, 1.82) is 0 Å². The molecule has 2 aromatic rings. The fourth-order valence-corrected chi connectivity index (χ4v) is 4.04. The SMILES string of the molecule is Cc1ccc(C(C)C)c(O[C@H](C)C(=O)NCCCN2c3ccccc3C[C@@H]2C)c1. The summed E-state index contributed by atoms with van der Waals surface area (Å²) < 4.78 is 6.02. The van der Waals surface area contributed by atoms with Gasteiger partial charge in [-0.3, -0.25) is 4.79 Å². The fourth-order valence-electron chi connectivity index (χ4n) is 4.04. The van der Waals surface area contributed by atoms with Crippen LogP contribution in [0.25, 0.3) is 0 Å². The summed E-state index contributed by atoms with van der Waals surface area (Å²) in [6.45, 7) is 12.0. The fraction of sp³-hybridized carbons (Fsp3) is 0.480. The average Bonchev–Trinajstić information content (AvgIpc) is 3.00. The zero-order valence-electron chi connectivity index (χ0n) is 18.4. The zero-order valence-corrected chi connectivity index (χ0v) is 18.4. The van der Waals surface area contributed by atoms with Crippen LogP contribution < -0.4 is 15.0 Å². The van der Waals surface area contributed by atoms with Gasteiger partial charge in [0.15, 0.2) is 6.10 Å². The Kier molecular flexibility index (Phi) is 6.83. The molecule has 2 aromatic carbocycles. The summed E-state index contributed by atoms with van der Waals surface area (Å²) in [6, 6.07) is 15.3. The first-order chi connectivity index (χ1) is 13.9. The first-order valence-electron chi connectivity index (χ1n) is 10.8. The van der Waals surface area contributed by atoms with E-state index in [0.717, 1.165) is 36.3 Å². The number of fused-ring (bicyclic) bond motifs is 1. The lowest BCUT2D eigenvalue weighted by molar-refractivity contribution is -0.127. The maximum atomic E-state index is 12.5. The molecule has 1 heterocycles. The van der Waals surface area contributed by atoms with E-state index in [9.17, 15) is 4.79 Å². The summed E-state index contributed by atoms with van der Waals surface area (Å²) in [6.07, 6.45) is 1.50. The van der Waals surface area contributed by atoms with Crippen molar-refractivity contribution in [2.45, 2.75) is 65.5 Å². The van der Waals surface area contributed by atoms with Gasteiger partial charge in [-0.2, -0.15) is 0 Å². The highest BCUT2D eigenvalue weighted by molar-refractivity contribution is 5.80. The molecule has 29 heavy (non-hydrogen) atoms. The number of benzene rings is 2. The van der Waals surface area contributed by atoms with Crippen molar-refractivity contribution >= 4 is 11.6 Å². The number of anilines is 1. The minimum atomic E-state index is -0.513. The summed E-state index contributed by atoms with van der Waals surface area (Å²) in [5.74, 6) is 1.10. The molecule has 0 saturated heterocycles. The van der Waals surface area contributed by atoms with E-state index >= 15 is 0 Å². The number of nitrogens with zero attached hydrogens (tertiary/aromatic N) is 1. The Hall–Kier alpha value is -2.49. The minimum absolute atomic E-state index is 0.0592. The first kappa shape index (κ1) is 21.2. The average molecular weight is 395 g/mol. The highest BCUT2D eigenvalue weighted by atomic mass is 16.5. The number of hydrogen-bond acceptors (Lipinski definition) is 3. The predicted octanol–water partition coefficient (Wildman–Crippen LogP) is 4.84. The molecule has 4 nitrogen and oxygen atoms in total. The Morgan fingerprint density at radius 2 is 1.97 bits per heavy atom. The van der Waals surface area contributed by atoms with E-state index in [1.165, 1.54) is 11.3 Å². The summed E-state index contributed by atoms with van der Waals surface area (Å²) in [7, 11) is 0. The van der Waals surface area contributed by atoms with Gasteiger partial charge in [-0.05, 0) is 68.4 Å². The molecule has 1 aliphatic heterocycles. The molecule has 0 unspecified atom stereocenters. The van der Waals surface area contributed by atoms with Crippen molar-refractivity contribution in [2.24, 2.45) is 0 Å². The Morgan fingerprint density at radius 1 is 1.21 bits per heavy atom. The maximum Gasteiger partial charge on any atom is 0.260 e. The lowest BCUT2D eigenvalue weighted by Crippen LogP contribution is -2.38. The van der Waals surface area contributed by atoms with Crippen molar-refractivity contribution in [1.82, 2.24) is 5.32 Å². The number of carbonyl (C=O) groups excluding carboxylic acids is 1. The lowest BCUT2D eigenvalue weighted by Gasteiger charge is -2.25. The third kappa shape index (κ3) is 5.11. The van der Waals surface area contributed by atoms with E-state index in [1.807, 2.05) is 19.9 Å². The van der Waals surface area contributed by atoms with Crippen LogP contribution >= 0.6 is 0 Å². The molecule has 0 bridgehead atoms. The Bertz CT molecular complexity index is 846. The summed E-state index contributed by atoms with van der Waals surface area (Å²) >= 11 is 0. The molecule has 156 valence electrons. The van der Waals surface area contributed by atoms with Gasteiger partial charge in [0.1, 0.15) is 5.75 Å². The van der Waals surface area contributed by atoms with Crippen molar-refractivity contribution in [2.75, 3.05) is 18.0 Å². The van der Waals surface area contributed by atoms with Crippen molar-refractivity contribution in [3.05, 3.63) is 59.2 Å². The smallest absolute Gasteiger partial charge is 0.260 e. The van der Waals surface area contributed by atoms with Gasteiger partial charge in [0.25, 0.3) is 5.91 Å². The van der Waals surface area contributed by atoms with Crippen LogP contribution in [0.1, 0.15) is 56.7 Å². The molecule has 1 aliphatic rings. The highest BCUT2D eigenvalue weighted by Crippen LogP contribution is 2.31. The van der Waals surface area contributed by atoms with Crippen molar-refractivity contribution in [3.8, 4) is 5.75 Å². The molecule has 4 heteroatoms. The molecule has 0 spiro atoms. The van der Waals surface area contributed by atoms with Crippen molar-refractivity contribution in [3.63, 3.8) is 0 Å². The number of aryl methyl sites for hydroxylation is 1. The molecule has 2 atom stereocenters. The van der Waals surface area contributed by atoms with Gasteiger partial charge in [0.05, 0.1) is 0 Å². The number of hydrogen-bond donors (Lipinski definition) is 1. The monoisotopic (exact) mass is 394 g/mol. The van der Waals surface area contributed by atoms with Gasteiger partial charge in [-0.15, -0.1) is 0 Å². The number of rotatable bonds is 8. The molecular formula is C25H34N2O2. The van der Waals surface area contributed by atoms with Crippen LogP contribution in [0.4, 0.5) is 5.69 Å². The van der Waals surface area contributed by atoms with Crippen LogP contribution in [-0.2, 0) is 11.2 Å². The minimum Gasteiger partial charge on any atom is -0.481 e. The second kappa shape index (κ2) is 9.34. The largest absolute Gasteiger partial charge is 0.481 e. The van der Waals surface area contributed by atoms with E-state index in [4.69, 9.17) is 4.74 Å². The molecule has 3 rings (SSSR count). The van der Waals surface area contributed by atoms with E-state index in [2.05, 4.69) is 67.4 Å². The van der Waals surface area contributed by atoms with E-state index in [-0.39, 0.29) is 5.91 Å². The lowest BCUT2D eigenvalue weighted by atomic mass is 10.0. The van der Waals surface area contributed by atoms with Crippen LogP contribution in [0.2, 0.25) is 0 Å². The second-order valence-electron chi connectivity index (χ2n) is 8.48.